The smallest absolute Gasteiger partial charge is 0.237 e. The largest absolute Gasteiger partial charge is 0.491 e. The Morgan fingerprint density at radius 2 is 2.09 bits per heavy atom. The van der Waals surface area contributed by atoms with Crippen molar-refractivity contribution in [1.29, 1.82) is 0 Å². The van der Waals surface area contributed by atoms with Crippen LogP contribution in [0.15, 0.2) is 24.3 Å². The quantitative estimate of drug-likeness (QED) is 0.832. The number of hydrogen-bond acceptors (Lipinski definition) is 4. The fourth-order valence-electron chi connectivity index (χ4n) is 2.71. The van der Waals surface area contributed by atoms with Crippen LogP contribution in [0, 0.1) is 5.92 Å². The number of aliphatic hydroxyl groups is 1. The van der Waals surface area contributed by atoms with Crippen molar-refractivity contribution < 1.29 is 14.6 Å². The molecule has 6 heteroatoms. The van der Waals surface area contributed by atoms with Crippen LogP contribution in [0.1, 0.15) is 13.8 Å². The number of hydrogen-bond donors (Lipinski definition) is 2. The molecule has 2 atom stereocenters. The van der Waals surface area contributed by atoms with Crippen LogP contribution < -0.4 is 10.1 Å². The zero-order valence-corrected chi connectivity index (χ0v) is 13.7. The number of halogens is 1. The lowest BCUT2D eigenvalue weighted by atomic mass is 9.99. The van der Waals surface area contributed by atoms with Gasteiger partial charge in [0.2, 0.25) is 5.91 Å². The summed E-state index contributed by atoms with van der Waals surface area (Å²) >= 11 is 5.81. The zero-order valence-electron chi connectivity index (χ0n) is 13.0. The maximum absolute atomic E-state index is 12.0. The molecule has 0 bridgehead atoms. The minimum absolute atomic E-state index is 0.0343. The molecule has 1 aliphatic heterocycles. The van der Waals surface area contributed by atoms with Crippen molar-refractivity contribution in [2.24, 2.45) is 5.92 Å². The third-order valence-electron chi connectivity index (χ3n) is 3.69. The number of piperazine rings is 1. The molecule has 122 valence electrons. The second kappa shape index (κ2) is 7.81. The van der Waals surface area contributed by atoms with E-state index in [1.165, 1.54) is 0 Å². The van der Waals surface area contributed by atoms with Crippen LogP contribution in [-0.2, 0) is 4.79 Å². The summed E-state index contributed by atoms with van der Waals surface area (Å²) < 4.78 is 5.55. The highest BCUT2D eigenvalue weighted by molar-refractivity contribution is 6.30. The lowest BCUT2D eigenvalue weighted by molar-refractivity contribution is -0.131. The summed E-state index contributed by atoms with van der Waals surface area (Å²) in [6, 6.07) is 6.82. The minimum atomic E-state index is -0.650. The van der Waals surface area contributed by atoms with Crippen LogP contribution >= 0.6 is 11.6 Å². The van der Waals surface area contributed by atoms with Crippen LogP contribution in [0.4, 0.5) is 0 Å². The van der Waals surface area contributed by atoms with Crippen LogP contribution in [0.2, 0.25) is 5.02 Å². The Labute approximate surface area is 136 Å². The molecule has 2 rings (SSSR count). The highest BCUT2D eigenvalue weighted by atomic mass is 35.5. The van der Waals surface area contributed by atoms with E-state index in [1.807, 2.05) is 18.7 Å². The molecule has 0 aliphatic carbocycles. The summed E-state index contributed by atoms with van der Waals surface area (Å²) in [4.78, 5) is 14.0. The predicted octanol–water partition coefficient (Wildman–Crippen LogP) is 1.54. The van der Waals surface area contributed by atoms with Crippen LogP contribution in [0.5, 0.6) is 5.75 Å². The zero-order chi connectivity index (χ0) is 16.1. The van der Waals surface area contributed by atoms with E-state index in [1.54, 1.807) is 24.3 Å². The van der Waals surface area contributed by atoms with Gasteiger partial charge in [0, 0.05) is 24.7 Å². The number of nitrogens with zero attached hydrogens (tertiary/aromatic N) is 1. The van der Waals surface area contributed by atoms with Gasteiger partial charge in [-0.2, -0.15) is 0 Å². The van der Waals surface area contributed by atoms with E-state index in [-0.39, 0.29) is 24.5 Å². The summed E-state index contributed by atoms with van der Waals surface area (Å²) in [6.45, 7) is 5.99. The number of β-amino-alcohol motifs (C(OH)–C–C–N with tert-alkyl or cyclic N) is 1. The number of rotatable bonds is 6. The van der Waals surface area contributed by atoms with Crippen LogP contribution in [-0.4, -0.2) is 54.3 Å². The van der Waals surface area contributed by atoms with E-state index in [0.717, 1.165) is 6.54 Å². The summed E-state index contributed by atoms with van der Waals surface area (Å²) in [5.41, 5.74) is 0. The molecule has 0 saturated carbocycles. The van der Waals surface area contributed by atoms with Gasteiger partial charge in [0.15, 0.2) is 0 Å². The van der Waals surface area contributed by atoms with Crippen molar-refractivity contribution in [1.82, 2.24) is 10.2 Å². The van der Waals surface area contributed by atoms with Gasteiger partial charge in [-0.15, -0.1) is 0 Å². The van der Waals surface area contributed by atoms with E-state index < -0.39 is 6.10 Å². The summed E-state index contributed by atoms with van der Waals surface area (Å²) in [5.74, 6) is 0.900. The van der Waals surface area contributed by atoms with Gasteiger partial charge in [-0.3, -0.25) is 9.69 Å². The second-order valence-corrected chi connectivity index (χ2v) is 6.33. The van der Waals surface area contributed by atoms with Crippen molar-refractivity contribution in [3.63, 3.8) is 0 Å². The first-order valence-electron chi connectivity index (χ1n) is 7.55. The molecular formula is C16H23ClN2O3. The van der Waals surface area contributed by atoms with Gasteiger partial charge in [0.1, 0.15) is 18.5 Å². The first-order chi connectivity index (χ1) is 10.5. The first-order valence-corrected chi connectivity index (χ1v) is 7.93. The Kier molecular flexibility index (Phi) is 6.06. The maximum Gasteiger partial charge on any atom is 0.237 e. The molecule has 1 aromatic carbocycles. The lowest BCUT2D eigenvalue weighted by Gasteiger charge is -2.38. The van der Waals surface area contributed by atoms with E-state index in [4.69, 9.17) is 16.3 Å². The van der Waals surface area contributed by atoms with Gasteiger partial charge in [-0.1, -0.05) is 25.4 Å². The van der Waals surface area contributed by atoms with Gasteiger partial charge in [-0.05, 0) is 30.2 Å². The minimum Gasteiger partial charge on any atom is -0.491 e. The average Bonchev–Trinajstić information content (AvgIpc) is 2.46. The summed E-state index contributed by atoms with van der Waals surface area (Å²) in [5, 5.41) is 13.7. The maximum atomic E-state index is 12.0. The van der Waals surface area contributed by atoms with E-state index >= 15 is 0 Å². The van der Waals surface area contributed by atoms with E-state index in [9.17, 15) is 9.90 Å². The molecule has 1 amide bonds. The number of carbonyl (C=O) groups excluding carboxylic acids is 1. The van der Waals surface area contributed by atoms with Crippen molar-refractivity contribution in [2.45, 2.75) is 26.0 Å². The fourth-order valence-corrected chi connectivity index (χ4v) is 2.83. The molecule has 1 heterocycles. The fraction of sp³-hybridized carbons (Fsp3) is 0.562. The van der Waals surface area contributed by atoms with Crippen LogP contribution in [0.25, 0.3) is 0 Å². The molecule has 2 unspecified atom stereocenters. The second-order valence-electron chi connectivity index (χ2n) is 5.89. The van der Waals surface area contributed by atoms with Gasteiger partial charge >= 0.3 is 0 Å². The topological polar surface area (TPSA) is 61.8 Å². The lowest BCUT2D eigenvalue weighted by Crippen LogP contribution is -2.59. The molecule has 1 aromatic rings. The number of ether oxygens (including phenoxy) is 1. The Bertz CT molecular complexity index is 493. The summed E-state index contributed by atoms with van der Waals surface area (Å²) in [6.07, 6.45) is -0.650. The standard InChI is InChI=1S/C16H23ClN2O3/c1-11(2)15-16(21)18-7-8-19(15)9-13(20)10-22-14-5-3-12(17)4-6-14/h3-6,11,13,15,20H,7-10H2,1-2H3,(H,18,21). The van der Waals surface area contributed by atoms with Gasteiger partial charge in [0.25, 0.3) is 0 Å². The first kappa shape index (κ1) is 17.1. The van der Waals surface area contributed by atoms with Crippen molar-refractivity contribution in [2.75, 3.05) is 26.2 Å². The summed E-state index contributed by atoms with van der Waals surface area (Å²) in [7, 11) is 0. The third kappa shape index (κ3) is 4.60. The molecule has 1 saturated heterocycles. The Balaban J connectivity index is 1.86. The monoisotopic (exact) mass is 326 g/mol. The molecule has 0 aromatic heterocycles. The van der Waals surface area contributed by atoms with Crippen molar-refractivity contribution in [3.05, 3.63) is 29.3 Å². The molecule has 5 nitrogen and oxygen atoms in total. The molecular weight excluding hydrogens is 304 g/mol. The molecule has 1 fully saturated rings. The molecule has 2 N–H and O–H groups in total. The average molecular weight is 327 g/mol. The Morgan fingerprint density at radius 1 is 1.41 bits per heavy atom. The normalized spacial score (nSPS) is 20.8. The molecule has 0 spiro atoms. The van der Waals surface area contributed by atoms with E-state index in [2.05, 4.69) is 5.32 Å². The van der Waals surface area contributed by atoms with E-state index in [0.29, 0.717) is 23.9 Å². The van der Waals surface area contributed by atoms with Gasteiger partial charge < -0.3 is 15.2 Å². The highest BCUT2D eigenvalue weighted by Crippen LogP contribution is 2.17. The molecule has 0 radical (unpaired) electrons. The van der Waals surface area contributed by atoms with Crippen molar-refractivity contribution >= 4 is 17.5 Å². The predicted molar refractivity (Wildman–Crippen MR) is 86.2 cm³/mol. The number of benzene rings is 1. The van der Waals surface area contributed by atoms with Crippen molar-refractivity contribution in [3.8, 4) is 5.75 Å². The number of amides is 1. The molecule has 1 aliphatic rings. The highest BCUT2D eigenvalue weighted by Gasteiger charge is 2.33. The van der Waals surface area contributed by atoms with Gasteiger partial charge in [0.05, 0.1) is 6.04 Å². The Morgan fingerprint density at radius 3 is 2.73 bits per heavy atom. The number of aliphatic hydroxyl groups excluding tert-OH is 1. The SMILES string of the molecule is CC(C)C1C(=O)NCCN1CC(O)COc1ccc(Cl)cc1. The van der Waals surface area contributed by atoms with Crippen LogP contribution in [0.3, 0.4) is 0 Å². The Hall–Kier alpha value is -1.30. The number of carbonyl (C=O) groups is 1. The third-order valence-corrected chi connectivity index (χ3v) is 3.95. The van der Waals surface area contributed by atoms with Gasteiger partial charge in [-0.25, -0.2) is 0 Å². The number of nitrogens with one attached hydrogen (secondary N) is 1. The molecule has 22 heavy (non-hydrogen) atoms.